The number of carbonyl (C=O) groups is 1. The quantitative estimate of drug-likeness (QED) is 0.847. The third-order valence-electron chi connectivity index (χ3n) is 3.19. The van der Waals surface area contributed by atoms with Crippen molar-refractivity contribution in [3.63, 3.8) is 0 Å². The minimum absolute atomic E-state index is 0.0856. The van der Waals surface area contributed by atoms with Gasteiger partial charge in [-0.15, -0.1) is 0 Å². The van der Waals surface area contributed by atoms with Crippen molar-refractivity contribution < 1.29 is 9.53 Å². The molecule has 0 atom stereocenters. The number of rotatable bonds is 3. The zero-order valence-electron chi connectivity index (χ0n) is 10.3. The van der Waals surface area contributed by atoms with Gasteiger partial charge in [0, 0.05) is 25.2 Å². The molecule has 0 spiro atoms. The molecule has 4 nitrogen and oxygen atoms in total. The van der Waals surface area contributed by atoms with Crippen LogP contribution >= 0.6 is 0 Å². The molecule has 0 unspecified atom stereocenters. The molecular weight excluding hydrogens is 216 g/mol. The van der Waals surface area contributed by atoms with Crippen LogP contribution in [-0.2, 0) is 6.42 Å². The van der Waals surface area contributed by atoms with Crippen molar-refractivity contribution in [3.8, 4) is 5.75 Å². The molecule has 1 aromatic carbocycles. The average molecular weight is 234 g/mol. The van der Waals surface area contributed by atoms with Crippen LogP contribution in [0.3, 0.4) is 0 Å². The highest BCUT2D eigenvalue weighted by Gasteiger charge is 2.24. The summed E-state index contributed by atoms with van der Waals surface area (Å²) < 4.78 is 5.28. The summed E-state index contributed by atoms with van der Waals surface area (Å²) in [6.07, 6.45) is 0.873. The number of carbonyl (C=O) groups excluding carboxylic acids is 1. The van der Waals surface area contributed by atoms with Crippen LogP contribution in [-0.4, -0.2) is 37.6 Å². The van der Waals surface area contributed by atoms with Gasteiger partial charge in [-0.2, -0.15) is 0 Å². The lowest BCUT2D eigenvalue weighted by Crippen LogP contribution is -2.40. The van der Waals surface area contributed by atoms with Gasteiger partial charge >= 0.3 is 0 Å². The SMILES string of the molecule is COc1cc2c(cc1C)C(=O)N(CCN)CC2. The summed E-state index contributed by atoms with van der Waals surface area (Å²) in [5.41, 5.74) is 8.37. The lowest BCUT2D eigenvalue weighted by atomic mass is 9.96. The second-order valence-electron chi connectivity index (χ2n) is 4.31. The van der Waals surface area contributed by atoms with Crippen LogP contribution in [0, 0.1) is 6.92 Å². The Morgan fingerprint density at radius 1 is 1.47 bits per heavy atom. The first-order chi connectivity index (χ1) is 8.17. The number of ether oxygens (including phenoxy) is 1. The molecule has 0 saturated heterocycles. The number of nitrogens with two attached hydrogens (primary N) is 1. The predicted molar refractivity (Wildman–Crippen MR) is 66.4 cm³/mol. The summed E-state index contributed by atoms with van der Waals surface area (Å²) in [4.78, 5) is 14.0. The normalized spacial score (nSPS) is 14.8. The molecule has 1 heterocycles. The van der Waals surface area contributed by atoms with E-state index in [1.165, 1.54) is 0 Å². The van der Waals surface area contributed by atoms with Gasteiger partial charge in [0.15, 0.2) is 0 Å². The van der Waals surface area contributed by atoms with Gasteiger partial charge in [0.1, 0.15) is 5.75 Å². The number of benzene rings is 1. The highest BCUT2D eigenvalue weighted by Crippen LogP contribution is 2.27. The average Bonchev–Trinajstić information content (AvgIpc) is 2.33. The van der Waals surface area contributed by atoms with Gasteiger partial charge < -0.3 is 15.4 Å². The lowest BCUT2D eigenvalue weighted by molar-refractivity contribution is 0.0744. The topological polar surface area (TPSA) is 55.6 Å². The van der Waals surface area contributed by atoms with Crippen LogP contribution in [0.2, 0.25) is 0 Å². The van der Waals surface area contributed by atoms with Crippen LogP contribution in [0.1, 0.15) is 21.5 Å². The maximum atomic E-state index is 12.2. The summed E-state index contributed by atoms with van der Waals surface area (Å²) in [7, 11) is 1.65. The number of fused-ring (bicyclic) bond motifs is 1. The molecule has 2 rings (SSSR count). The summed E-state index contributed by atoms with van der Waals surface area (Å²) in [5.74, 6) is 0.936. The van der Waals surface area contributed by atoms with Crippen molar-refractivity contribution in [3.05, 3.63) is 28.8 Å². The van der Waals surface area contributed by atoms with Crippen LogP contribution in [0.5, 0.6) is 5.75 Å². The minimum atomic E-state index is 0.0856. The van der Waals surface area contributed by atoms with Crippen molar-refractivity contribution in [2.45, 2.75) is 13.3 Å². The largest absolute Gasteiger partial charge is 0.496 e. The molecule has 1 aliphatic heterocycles. The van der Waals surface area contributed by atoms with Gasteiger partial charge in [0.2, 0.25) is 0 Å². The third kappa shape index (κ3) is 2.13. The Balaban J connectivity index is 2.36. The van der Waals surface area contributed by atoms with E-state index in [0.29, 0.717) is 13.1 Å². The molecule has 0 fully saturated rings. The van der Waals surface area contributed by atoms with Gasteiger partial charge in [0.25, 0.3) is 5.91 Å². The zero-order chi connectivity index (χ0) is 12.4. The van der Waals surface area contributed by atoms with Crippen molar-refractivity contribution >= 4 is 5.91 Å². The molecule has 0 radical (unpaired) electrons. The molecular formula is C13H18N2O2. The lowest BCUT2D eigenvalue weighted by Gasteiger charge is -2.28. The first-order valence-electron chi connectivity index (χ1n) is 5.84. The van der Waals surface area contributed by atoms with Crippen molar-refractivity contribution in [1.29, 1.82) is 0 Å². The molecule has 17 heavy (non-hydrogen) atoms. The first-order valence-corrected chi connectivity index (χ1v) is 5.84. The Morgan fingerprint density at radius 3 is 2.88 bits per heavy atom. The van der Waals surface area contributed by atoms with E-state index < -0.39 is 0 Å². The highest BCUT2D eigenvalue weighted by atomic mass is 16.5. The maximum Gasteiger partial charge on any atom is 0.254 e. The molecule has 1 aliphatic rings. The van der Waals surface area contributed by atoms with Gasteiger partial charge in [0.05, 0.1) is 7.11 Å². The van der Waals surface area contributed by atoms with Gasteiger partial charge in [-0.25, -0.2) is 0 Å². The summed E-state index contributed by atoms with van der Waals surface area (Å²) in [6.45, 7) is 3.84. The fraction of sp³-hybridized carbons (Fsp3) is 0.462. The minimum Gasteiger partial charge on any atom is -0.496 e. The number of methoxy groups -OCH3 is 1. The van der Waals surface area contributed by atoms with Crippen molar-refractivity contribution in [2.24, 2.45) is 5.73 Å². The molecule has 0 saturated carbocycles. The Bertz CT molecular complexity index is 443. The Kier molecular flexibility index (Phi) is 3.33. The van der Waals surface area contributed by atoms with E-state index in [0.717, 1.165) is 35.4 Å². The molecule has 0 aliphatic carbocycles. The predicted octanol–water partition coefficient (Wildman–Crippen LogP) is 0.961. The monoisotopic (exact) mass is 234 g/mol. The highest BCUT2D eigenvalue weighted by molar-refractivity contribution is 5.97. The van der Waals surface area contributed by atoms with E-state index in [2.05, 4.69) is 0 Å². The van der Waals surface area contributed by atoms with E-state index in [1.54, 1.807) is 7.11 Å². The molecule has 4 heteroatoms. The first kappa shape index (κ1) is 11.9. The van der Waals surface area contributed by atoms with E-state index in [-0.39, 0.29) is 5.91 Å². The Hall–Kier alpha value is -1.55. The second kappa shape index (κ2) is 4.75. The number of hydrogen-bond acceptors (Lipinski definition) is 3. The van der Waals surface area contributed by atoms with E-state index in [4.69, 9.17) is 10.5 Å². The summed E-state index contributed by atoms with van der Waals surface area (Å²) >= 11 is 0. The van der Waals surface area contributed by atoms with E-state index in [1.807, 2.05) is 24.0 Å². The van der Waals surface area contributed by atoms with Gasteiger partial charge in [-0.1, -0.05) is 0 Å². The van der Waals surface area contributed by atoms with Crippen molar-refractivity contribution in [1.82, 2.24) is 4.90 Å². The van der Waals surface area contributed by atoms with Crippen LogP contribution < -0.4 is 10.5 Å². The summed E-state index contributed by atoms with van der Waals surface area (Å²) in [5, 5.41) is 0. The fourth-order valence-electron chi connectivity index (χ4n) is 2.25. The fourth-order valence-corrected chi connectivity index (χ4v) is 2.25. The molecule has 0 bridgehead atoms. The number of amides is 1. The van der Waals surface area contributed by atoms with E-state index in [9.17, 15) is 4.79 Å². The van der Waals surface area contributed by atoms with Gasteiger partial charge in [-0.05, 0) is 36.6 Å². The molecule has 1 amide bonds. The number of aryl methyl sites for hydroxylation is 1. The molecule has 1 aromatic rings. The van der Waals surface area contributed by atoms with Crippen LogP contribution in [0.15, 0.2) is 12.1 Å². The van der Waals surface area contributed by atoms with Crippen LogP contribution in [0.25, 0.3) is 0 Å². The van der Waals surface area contributed by atoms with Crippen LogP contribution in [0.4, 0.5) is 0 Å². The molecule has 2 N–H and O–H groups in total. The third-order valence-corrected chi connectivity index (χ3v) is 3.19. The molecule has 92 valence electrons. The second-order valence-corrected chi connectivity index (χ2v) is 4.31. The maximum absolute atomic E-state index is 12.2. The van der Waals surface area contributed by atoms with Gasteiger partial charge in [-0.3, -0.25) is 4.79 Å². The van der Waals surface area contributed by atoms with E-state index >= 15 is 0 Å². The smallest absolute Gasteiger partial charge is 0.254 e. The van der Waals surface area contributed by atoms with Crippen molar-refractivity contribution in [2.75, 3.05) is 26.7 Å². The Morgan fingerprint density at radius 2 is 2.24 bits per heavy atom. The standard InChI is InChI=1S/C13H18N2O2/c1-9-7-11-10(8-12(9)17-2)3-5-15(6-4-14)13(11)16/h7-8H,3-6,14H2,1-2H3. The molecule has 0 aromatic heterocycles. The number of hydrogen-bond donors (Lipinski definition) is 1. The summed E-state index contributed by atoms with van der Waals surface area (Å²) in [6, 6.07) is 3.89. The zero-order valence-corrected chi connectivity index (χ0v) is 10.3. The number of nitrogens with zero attached hydrogens (tertiary/aromatic N) is 1. The Labute approximate surface area is 101 Å².